The minimum atomic E-state index is -3.57. The molecule has 1 amide bonds. The number of aromatic nitrogens is 1. The quantitative estimate of drug-likeness (QED) is 0.933. The van der Waals surface area contributed by atoms with E-state index in [1.165, 1.54) is 32.3 Å². The Hall–Kier alpha value is -2.25. The van der Waals surface area contributed by atoms with Crippen LogP contribution >= 0.6 is 0 Å². The molecule has 0 unspecified atom stereocenters. The molecule has 1 N–H and O–H groups in total. The largest absolute Gasteiger partial charge is 0.307 e. The van der Waals surface area contributed by atoms with Gasteiger partial charge in [-0.15, -0.1) is 0 Å². The maximum Gasteiger partial charge on any atom is 0.256 e. The van der Waals surface area contributed by atoms with Gasteiger partial charge in [0, 0.05) is 25.9 Å². The van der Waals surface area contributed by atoms with Crippen molar-refractivity contribution in [3.05, 3.63) is 53.7 Å². The molecule has 1 aromatic heterocycles. The van der Waals surface area contributed by atoms with Gasteiger partial charge in [0.2, 0.25) is 10.0 Å². The monoisotopic (exact) mass is 319 g/mol. The first-order valence-electron chi connectivity index (χ1n) is 6.57. The fourth-order valence-electron chi connectivity index (χ4n) is 1.80. The molecule has 2 rings (SSSR count). The Morgan fingerprint density at radius 2 is 1.91 bits per heavy atom. The number of amides is 1. The van der Waals surface area contributed by atoms with Crippen molar-refractivity contribution >= 4 is 21.7 Å². The number of nitrogens with zero attached hydrogens (tertiary/aromatic N) is 2. The molecular weight excluding hydrogens is 302 g/mol. The molecular formula is C15H17N3O3S. The van der Waals surface area contributed by atoms with Crippen molar-refractivity contribution in [2.45, 2.75) is 11.8 Å². The molecule has 0 saturated heterocycles. The fourth-order valence-corrected chi connectivity index (χ4v) is 2.75. The van der Waals surface area contributed by atoms with Crippen molar-refractivity contribution in [1.82, 2.24) is 9.29 Å². The van der Waals surface area contributed by atoms with E-state index in [0.717, 1.165) is 9.87 Å². The molecule has 0 spiro atoms. The molecule has 0 bridgehead atoms. The van der Waals surface area contributed by atoms with E-state index in [4.69, 9.17) is 0 Å². The fraction of sp³-hybridized carbons (Fsp3) is 0.200. The van der Waals surface area contributed by atoms with Crippen molar-refractivity contribution in [3.63, 3.8) is 0 Å². The first-order chi connectivity index (χ1) is 10.3. The summed E-state index contributed by atoms with van der Waals surface area (Å²) >= 11 is 0. The summed E-state index contributed by atoms with van der Waals surface area (Å²) in [6.07, 6.45) is 1.60. The third-order valence-electron chi connectivity index (χ3n) is 3.03. The average Bonchev–Trinajstić information content (AvgIpc) is 2.47. The van der Waals surface area contributed by atoms with Crippen LogP contribution in [0.1, 0.15) is 15.9 Å². The highest BCUT2D eigenvalue weighted by atomic mass is 32.2. The van der Waals surface area contributed by atoms with Crippen LogP contribution in [0.25, 0.3) is 0 Å². The van der Waals surface area contributed by atoms with Crippen molar-refractivity contribution in [2.75, 3.05) is 19.4 Å². The standard InChI is InChI=1S/C15H17N3O3S/c1-11-7-8-16-14(9-11)17-15(19)12-5-4-6-13(10-12)22(20,21)18(2)3/h4-10H,1-3H3,(H,16,17,19). The second-order valence-electron chi connectivity index (χ2n) is 4.99. The molecule has 116 valence electrons. The molecule has 0 aliphatic carbocycles. The maximum absolute atomic E-state index is 12.2. The molecule has 2 aromatic rings. The number of pyridine rings is 1. The Morgan fingerprint density at radius 1 is 1.18 bits per heavy atom. The van der Waals surface area contributed by atoms with Gasteiger partial charge in [0.25, 0.3) is 5.91 Å². The van der Waals surface area contributed by atoms with Gasteiger partial charge in [-0.1, -0.05) is 6.07 Å². The van der Waals surface area contributed by atoms with Crippen LogP contribution in [0.5, 0.6) is 0 Å². The predicted octanol–water partition coefficient (Wildman–Crippen LogP) is 1.89. The van der Waals surface area contributed by atoms with Gasteiger partial charge in [-0.25, -0.2) is 17.7 Å². The molecule has 0 aliphatic rings. The summed E-state index contributed by atoms with van der Waals surface area (Å²) < 4.78 is 25.3. The second-order valence-corrected chi connectivity index (χ2v) is 7.14. The van der Waals surface area contributed by atoms with Gasteiger partial charge in [0.15, 0.2) is 0 Å². The molecule has 6 nitrogen and oxygen atoms in total. The van der Waals surface area contributed by atoms with Crippen molar-refractivity contribution < 1.29 is 13.2 Å². The number of rotatable bonds is 4. The van der Waals surface area contributed by atoms with Gasteiger partial charge in [0.1, 0.15) is 5.82 Å². The van der Waals surface area contributed by atoms with Crippen LogP contribution in [0.15, 0.2) is 47.5 Å². The van der Waals surface area contributed by atoms with Crippen LogP contribution in [-0.2, 0) is 10.0 Å². The smallest absolute Gasteiger partial charge is 0.256 e. The number of carbonyl (C=O) groups is 1. The SMILES string of the molecule is Cc1ccnc(NC(=O)c2cccc(S(=O)(=O)N(C)C)c2)c1. The highest BCUT2D eigenvalue weighted by Gasteiger charge is 2.18. The minimum absolute atomic E-state index is 0.0716. The third-order valence-corrected chi connectivity index (χ3v) is 4.84. The first kappa shape index (κ1) is 16.1. The number of carbonyl (C=O) groups excluding carboxylic acids is 1. The van der Waals surface area contributed by atoms with Gasteiger partial charge in [-0.3, -0.25) is 4.79 Å². The molecule has 0 atom stereocenters. The highest BCUT2D eigenvalue weighted by molar-refractivity contribution is 7.89. The normalized spacial score (nSPS) is 11.5. The zero-order chi connectivity index (χ0) is 16.3. The number of hydrogen-bond donors (Lipinski definition) is 1. The van der Waals surface area contributed by atoms with Crippen molar-refractivity contribution in [3.8, 4) is 0 Å². The van der Waals surface area contributed by atoms with E-state index in [-0.39, 0.29) is 10.5 Å². The lowest BCUT2D eigenvalue weighted by Gasteiger charge is -2.12. The molecule has 0 aliphatic heterocycles. The van der Waals surface area contributed by atoms with Crippen LogP contribution in [-0.4, -0.2) is 37.7 Å². The van der Waals surface area contributed by atoms with Crippen LogP contribution < -0.4 is 5.32 Å². The van der Waals surface area contributed by atoms with Gasteiger partial charge in [-0.05, 0) is 42.8 Å². The summed E-state index contributed by atoms with van der Waals surface area (Å²) in [5, 5.41) is 2.65. The average molecular weight is 319 g/mol. The van der Waals surface area contributed by atoms with E-state index < -0.39 is 15.9 Å². The van der Waals surface area contributed by atoms with E-state index in [1.54, 1.807) is 18.3 Å². The Kier molecular flexibility index (Phi) is 4.58. The van der Waals surface area contributed by atoms with E-state index in [0.29, 0.717) is 5.82 Å². The lowest BCUT2D eigenvalue weighted by atomic mass is 10.2. The van der Waals surface area contributed by atoms with Gasteiger partial charge < -0.3 is 5.32 Å². The first-order valence-corrected chi connectivity index (χ1v) is 8.01. The molecule has 0 radical (unpaired) electrons. The summed E-state index contributed by atoms with van der Waals surface area (Å²) in [5.41, 5.74) is 1.22. The third kappa shape index (κ3) is 3.49. The minimum Gasteiger partial charge on any atom is -0.307 e. The Labute approximate surface area is 129 Å². The topological polar surface area (TPSA) is 79.4 Å². The van der Waals surface area contributed by atoms with Gasteiger partial charge in [-0.2, -0.15) is 0 Å². The molecule has 0 fully saturated rings. The van der Waals surface area contributed by atoms with Gasteiger partial charge >= 0.3 is 0 Å². The summed E-state index contributed by atoms with van der Waals surface area (Å²) in [6, 6.07) is 9.45. The molecule has 1 heterocycles. The maximum atomic E-state index is 12.2. The Bertz CT molecular complexity index is 801. The molecule has 22 heavy (non-hydrogen) atoms. The molecule has 1 aromatic carbocycles. The number of benzene rings is 1. The van der Waals surface area contributed by atoms with Crippen LogP contribution in [0, 0.1) is 6.92 Å². The van der Waals surface area contributed by atoms with E-state index in [2.05, 4.69) is 10.3 Å². The number of aryl methyl sites for hydroxylation is 1. The van der Waals surface area contributed by atoms with Gasteiger partial charge in [0.05, 0.1) is 4.90 Å². The molecule has 0 saturated carbocycles. The number of hydrogen-bond acceptors (Lipinski definition) is 4. The van der Waals surface area contributed by atoms with Crippen molar-refractivity contribution in [2.24, 2.45) is 0 Å². The van der Waals surface area contributed by atoms with Crippen LogP contribution in [0.2, 0.25) is 0 Å². The Balaban J connectivity index is 2.28. The highest BCUT2D eigenvalue weighted by Crippen LogP contribution is 2.16. The lowest BCUT2D eigenvalue weighted by molar-refractivity contribution is 0.102. The van der Waals surface area contributed by atoms with Crippen LogP contribution in [0.3, 0.4) is 0 Å². The second kappa shape index (κ2) is 6.25. The predicted molar refractivity (Wildman–Crippen MR) is 84.2 cm³/mol. The van der Waals surface area contributed by atoms with Crippen molar-refractivity contribution in [1.29, 1.82) is 0 Å². The summed E-state index contributed by atoms with van der Waals surface area (Å²) in [5.74, 6) is 0.0137. The number of nitrogens with one attached hydrogen (secondary N) is 1. The van der Waals surface area contributed by atoms with E-state index in [9.17, 15) is 13.2 Å². The van der Waals surface area contributed by atoms with E-state index in [1.807, 2.05) is 13.0 Å². The lowest BCUT2D eigenvalue weighted by Crippen LogP contribution is -2.22. The molecule has 7 heteroatoms. The van der Waals surface area contributed by atoms with Crippen LogP contribution in [0.4, 0.5) is 5.82 Å². The number of anilines is 1. The number of sulfonamides is 1. The summed E-state index contributed by atoms with van der Waals surface area (Å²) in [4.78, 5) is 16.3. The Morgan fingerprint density at radius 3 is 2.55 bits per heavy atom. The van der Waals surface area contributed by atoms with E-state index >= 15 is 0 Å². The zero-order valence-electron chi connectivity index (χ0n) is 12.6. The summed E-state index contributed by atoms with van der Waals surface area (Å²) in [6.45, 7) is 1.89. The zero-order valence-corrected chi connectivity index (χ0v) is 13.4. The summed E-state index contributed by atoms with van der Waals surface area (Å²) in [7, 11) is -0.688.